The van der Waals surface area contributed by atoms with Gasteiger partial charge in [-0.25, -0.2) is 4.79 Å². The van der Waals surface area contributed by atoms with Crippen LogP contribution < -0.4 is 5.32 Å². The molecule has 92 valence electrons. The summed E-state index contributed by atoms with van der Waals surface area (Å²) in [5.41, 5.74) is 0. The van der Waals surface area contributed by atoms with Gasteiger partial charge in [-0.3, -0.25) is 5.32 Å². The molecule has 15 heavy (non-hydrogen) atoms. The van der Waals surface area contributed by atoms with Crippen molar-refractivity contribution in [3.63, 3.8) is 0 Å². The first kappa shape index (κ1) is 16.7. The van der Waals surface area contributed by atoms with Crippen LogP contribution in [0.2, 0.25) is 0 Å². The number of aliphatic hydroxyl groups excluding tert-OH is 1. The van der Waals surface area contributed by atoms with Gasteiger partial charge in [-0.2, -0.15) is 0 Å². The molecule has 0 radical (unpaired) electrons. The van der Waals surface area contributed by atoms with Gasteiger partial charge in [0, 0.05) is 14.2 Å². The summed E-state index contributed by atoms with van der Waals surface area (Å²) >= 11 is 0. The van der Waals surface area contributed by atoms with Gasteiger partial charge < -0.3 is 19.7 Å². The lowest BCUT2D eigenvalue weighted by Gasteiger charge is -2.16. The first-order chi connectivity index (χ1) is 6.84. The number of hydrogen-bond donors (Lipinski definition) is 3. The van der Waals surface area contributed by atoms with Crippen LogP contribution in [0.15, 0.2) is 0 Å². The van der Waals surface area contributed by atoms with E-state index in [0.717, 1.165) is 0 Å². The fraction of sp³-hybridized carbons (Fsp3) is 0.889. The SMILES string of the molecule is CC(O)C(=O)O.COC(C)NC(C)OC. The molecular formula is C9H21NO5. The first-order valence-electron chi connectivity index (χ1n) is 4.57. The zero-order valence-corrected chi connectivity index (χ0v) is 9.85. The van der Waals surface area contributed by atoms with Crippen molar-refractivity contribution in [2.45, 2.75) is 39.3 Å². The molecule has 0 spiro atoms. The Morgan fingerprint density at radius 3 is 1.53 bits per heavy atom. The molecule has 0 aliphatic rings. The number of carboxylic acid groups (broad SMARTS) is 1. The molecule has 3 unspecified atom stereocenters. The van der Waals surface area contributed by atoms with E-state index in [1.807, 2.05) is 13.8 Å². The highest BCUT2D eigenvalue weighted by Crippen LogP contribution is 1.86. The Balaban J connectivity index is 0. The minimum Gasteiger partial charge on any atom is -0.479 e. The topological polar surface area (TPSA) is 88.0 Å². The van der Waals surface area contributed by atoms with Crippen molar-refractivity contribution in [1.29, 1.82) is 0 Å². The Labute approximate surface area is 90.2 Å². The fourth-order valence-electron chi connectivity index (χ4n) is 0.467. The largest absolute Gasteiger partial charge is 0.479 e. The Hall–Kier alpha value is -0.690. The number of rotatable bonds is 5. The molecular weight excluding hydrogens is 202 g/mol. The summed E-state index contributed by atoms with van der Waals surface area (Å²) in [4.78, 5) is 9.45. The molecule has 3 atom stereocenters. The number of nitrogens with one attached hydrogen (secondary N) is 1. The lowest BCUT2D eigenvalue weighted by molar-refractivity contribution is -0.145. The summed E-state index contributed by atoms with van der Waals surface area (Å²) < 4.78 is 9.86. The molecule has 0 heterocycles. The van der Waals surface area contributed by atoms with Gasteiger partial charge in [0.2, 0.25) is 0 Å². The molecule has 3 N–H and O–H groups in total. The monoisotopic (exact) mass is 223 g/mol. The molecule has 0 aliphatic heterocycles. The van der Waals surface area contributed by atoms with Crippen molar-refractivity contribution in [3.8, 4) is 0 Å². The third-order valence-corrected chi connectivity index (χ3v) is 1.53. The van der Waals surface area contributed by atoms with Crippen LogP contribution in [0, 0.1) is 0 Å². The van der Waals surface area contributed by atoms with Crippen LogP contribution in [0.25, 0.3) is 0 Å². The van der Waals surface area contributed by atoms with E-state index in [2.05, 4.69) is 5.32 Å². The fourth-order valence-corrected chi connectivity index (χ4v) is 0.467. The van der Waals surface area contributed by atoms with E-state index in [1.165, 1.54) is 6.92 Å². The van der Waals surface area contributed by atoms with Crippen LogP contribution in [-0.4, -0.2) is 49.0 Å². The lowest BCUT2D eigenvalue weighted by Crippen LogP contribution is -2.36. The normalized spacial score (nSPS) is 15.9. The van der Waals surface area contributed by atoms with Crippen LogP contribution >= 0.6 is 0 Å². The van der Waals surface area contributed by atoms with Crippen LogP contribution in [0.3, 0.4) is 0 Å². The maximum Gasteiger partial charge on any atom is 0.332 e. The van der Waals surface area contributed by atoms with Gasteiger partial charge in [0.15, 0.2) is 0 Å². The number of carboxylic acids is 1. The van der Waals surface area contributed by atoms with Gasteiger partial charge in [0.05, 0.1) is 0 Å². The van der Waals surface area contributed by atoms with Crippen molar-refractivity contribution in [3.05, 3.63) is 0 Å². The van der Waals surface area contributed by atoms with Crippen LogP contribution in [0.4, 0.5) is 0 Å². The maximum atomic E-state index is 9.45. The molecule has 0 aromatic rings. The van der Waals surface area contributed by atoms with Gasteiger partial charge >= 0.3 is 5.97 Å². The van der Waals surface area contributed by atoms with E-state index in [4.69, 9.17) is 19.7 Å². The van der Waals surface area contributed by atoms with Crippen molar-refractivity contribution < 1.29 is 24.5 Å². The number of aliphatic hydroxyl groups is 1. The first-order valence-corrected chi connectivity index (χ1v) is 4.57. The minimum absolute atomic E-state index is 0.0555. The number of hydrogen-bond acceptors (Lipinski definition) is 5. The minimum atomic E-state index is -1.23. The van der Waals surface area contributed by atoms with E-state index in [0.29, 0.717) is 0 Å². The molecule has 6 heteroatoms. The Morgan fingerprint density at radius 2 is 1.40 bits per heavy atom. The third kappa shape index (κ3) is 13.3. The van der Waals surface area contributed by atoms with E-state index >= 15 is 0 Å². The van der Waals surface area contributed by atoms with Crippen molar-refractivity contribution in [2.75, 3.05) is 14.2 Å². The van der Waals surface area contributed by atoms with Crippen LogP contribution in [-0.2, 0) is 14.3 Å². The van der Waals surface area contributed by atoms with Gasteiger partial charge in [-0.1, -0.05) is 0 Å². The summed E-state index contributed by atoms with van der Waals surface area (Å²) in [6.45, 7) is 5.05. The molecule has 0 aromatic carbocycles. The molecule has 0 aliphatic carbocycles. The number of methoxy groups -OCH3 is 2. The zero-order chi connectivity index (χ0) is 12.4. The highest BCUT2D eigenvalue weighted by Gasteiger charge is 2.02. The standard InChI is InChI=1S/C6H15NO2.C3H6O3/c1-5(8-3)7-6(2)9-4;1-2(4)3(5)6/h5-7H,1-4H3;2,4H,1H3,(H,5,6). The lowest BCUT2D eigenvalue weighted by atomic mass is 10.4. The second-order valence-electron chi connectivity index (χ2n) is 2.94. The Kier molecular flexibility index (Phi) is 11.0. The maximum absolute atomic E-state index is 9.45. The Bertz CT molecular complexity index is 155. The average molecular weight is 223 g/mol. The summed E-state index contributed by atoms with van der Waals surface area (Å²) in [5.74, 6) is -1.19. The molecule has 6 nitrogen and oxygen atoms in total. The van der Waals surface area contributed by atoms with E-state index in [-0.39, 0.29) is 12.5 Å². The Morgan fingerprint density at radius 1 is 1.13 bits per heavy atom. The van der Waals surface area contributed by atoms with Crippen LogP contribution in [0.1, 0.15) is 20.8 Å². The second kappa shape index (κ2) is 9.85. The highest BCUT2D eigenvalue weighted by molar-refractivity contribution is 5.71. The predicted octanol–water partition coefficient (Wildman–Crippen LogP) is 0.0126. The molecule has 0 rings (SSSR count). The molecule has 0 saturated heterocycles. The molecule has 0 saturated carbocycles. The summed E-state index contributed by atoms with van der Waals surface area (Å²) in [6, 6.07) is 0. The van der Waals surface area contributed by atoms with Crippen molar-refractivity contribution in [2.24, 2.45) is 0 Å². The summed E-state index contributed by atoms with van der Waals surface area (Å²) in [5, 5.41) is 18.8. The predicted molar refractivity (Wildman–Crippen MR) is 55.4 cm³/mol. The second-order valence-corrected chi connectivity index (χ2v) is 2.94. The van der Waals surface area contributed by atoms with E-state index in [9.17, 15) is 4.79 Å². The zero-order valence-electron chi connectivity index (χ0n) is 9.85. The molecule has 0 fully saturated rings. The van der Waals surface area contributed by atoms with E-state index in [1.54, 1.807) is 14.2 Å². The van der Waals surface area contributed by atoms with Gasteiger partial charge in [-0.15, -0.1) is 0 Å². The molecule has 0 aromatic heterocycles. The summed E-state index contributed by atoms with van der Waals surface area (Å²) in [6.07, 6.45) is -1.12. The average Bonchev–Trinajstić information content (AvgIpc) is 2.18. The number of aliphatic carboxylic acids is 1. The smallest absolute Gasteiger partial charge is 0.332 e. The van der Waals surface area contributed by atoms with Gasteiger partial charge in [-0.05, 0) is 20.8 Å². The van der Waals surface area contributed by atoms with Crippen LogP contribution in [0.5, 0.6) is 0 Å². The third-order valence-electron chi connectivity index (χ3n) is 1.53. The van der Waals surface area contributed by atoms with Crippen molar-refractivity contribution in [1.82, 2.24) is 5.32 Å². The highest BCUT2D eigenvalue weighted by atomic mass is 16.5. The molecule has 0 bridgehead atoms. The quantitative estimate of drug-likeness (QED) is 0.569. The van der Waals surface area contributed by atoms with E-state index < -0.39 is 12.1 Å². The van der Waals surface area contributed by atoms with Gasteiger partial charge in [0.25, 0.3) is 0 Å². The molecule has 0 amide bonds. The number of ether oxygens (including phenoxy) is 2. The number of carbonyl (C=O) groups is 1. The van der Waals surface area contributed by atoms with Crippen molar-refractivity contribution >= 4 is 5.97 Å². The van der Waals surface area contributed by atoms with Gasteiger partial charge in [0.1, 0.15) is 18.6 Å². The summed E-state index contributed by atoms with van der Waals surface area (Å²) in [7, 11) is 3.31.